The number of unbranched alkanes of at least 4 members (excludes halogenated alkanes) is 2. The lowest BCUT2D eigenvalue weighted by Crippen LogP contribution is -2.26. The van der Waals surface area contributed by atoms with Gasteiger partial charge in [0.25, 0.3) is 0 Å². The molecule has 3 aliphatic rings. The Bertz CT molecular complexity index is 640. The standard InChI is InChI=1S/C32H52O/c1-3-4-5-6-25-9-15-28(16-10-25)29-17-11-26(12-18-29)7-8-27-13-19-30(20-14-27)31-21-23-32(33-2)24-22-31/h13-14,19-20,25-26,28-29,31-32H,3-12,15-18,21-24H2,1-2H3. The molecule has 1 aromatic carbocycles. The van der Waals surface area contributed by atoms with Gasteiger partial charge in [0.15, 0.2) is 0 Å². The summed E-state index contributed by atoms with van der Waals surface area (Å²) in [7, 11) is 1.87. The van der Waals surface area contributed by atoms with Gasteiger partial charge in [-0.1, -0.05) is 82.6 Å². The lowest BCUT2D eigenvalue weighted by atomic mass is 9.68. The summed E-state index contributed by atoms with van der Waals surface area (Å²) in [5.41, 5.74) is 3.13. The van der Waals surface area contributed by atoms with E-state index in [1.54, 1.807) is 24.0 Å². The van der Waals surface area contributed by atoms with Crippen LogP contribution >= 0.6 is 0 Å². The summed E-state index contributed by atoms with van der Waals surface area (Å²) in [4.78, 5) is 0. The third-order valence-electron chi connectivity index (χ3n) is 9.97. The SMILES string of the molecule is CCCCCC1CCC(C2CCC(CCc3ccc(C4CCC(OC)CC4)cc3)CC2)CC1. The highest BCUT2D eigenvalue weighted by atomic mass is 16.5. The average molecular weight is 453 g/mol. The third-order valence-corrected chi connectivity index (χ3v) is 9.97. The number of methoxy groups -OCH3 is 1. The number of hydrogen-bond donors (Lipinski definition) is 0. The van der Waals surface area contributed by atoms with E-state index in [-0.39, 0.29) is 0 Å². The molecule has 0 atom stereocenters. The Labute approximate surface area is 205 Å². The minimum Gasteiger partial charge on any atom is -0.381 e. The van der Waals surface area contributed by atoms with E-state index in [9.17, 15) is 0 Å². The first kappa shape index (κ1) is 25.3. The van der Waals surface area contributed by atoms with Gasteiger partial charge in [-0.05, 0) is 105 Å². The van der Waals surface area contributed by atoms with Crippen LogP contribution in [-0.2, 0) is 11.2 Å². The Morgan fingerprint density at radius 2 is 1.24 bits per heavy atom. The van der Waals surface area contributed by atoms with Crippen molar-refractivity contribution in [2.75, 3.05) is 7.11 Å². The van der Waals surface area contributed by atoms with Gasteiger partial charge in [0.1, 0.15) is 0 Å². The predicted octanol–water partition coefficient (Wildman–Crippen LogP) is 9.48. The van der Waals surface area contributed by atoms with Gasteiger partial charge in [0.05, 0.1) is 6.10 Å². The minimum absolute atomic E-state index is 0.501. The van der Waals surface area contributed by atoms with Crippen LogP contribution in [0.5, 0.6) is 0 Å². The van der Waals surface area contributed by atoms with Gasteiger partial charge in [-0.15, -0.1) is 0 Å². The van der Waals surface area contributed by atoms with E-state index in [2.05, 4.69) is 31.2 Å². The maximum atomic E-state index is 5.55. The fourth-order valence-electron chi connectivity index (χ4n) is 7.54. The zero-order valence-electron chi connectivity index (χ0n) is 21.9. The summed E-state index contributed by atoms with van der Waals surface area (Å²) >= 11 is 0. The molecule has 1 heteroatoms. The number of ether oxygens (including phenoxy) is 1. The molecule has 0 N–H and O–H groups in total. The average Bonchev–Trinajstić information content (AvgIpc) is 2.89. The first-order valence-corrected chi connectivity index (χ1v) is 14.9. The smallest absolute Gasteiger partial charge is 0.0571 e. The van der Waals surface area contributed by atoms with E-state index >= 15 is 0 Å². The van der Waals surface area contributed by atoms with Gasteiger partial charge in [-0.2, -0.15) is 0 Å². The van der Waals surface area contributed by atoms with Gasteiger partial charge in [-0.25, -0.2) is 0 Å². The summed E-state index contributed by atoms with van der Waals surface area (Å²) < 4.78 is 5.55. The molecule has 1 nitrogen and oxygen atoms in total. The van der Waals surface area contributed by atoms with E-state index in [0.717, 1.165) is 29.6 Å². The van der Waals surface area contributed by atoms with Crippen molar-refractivity contribution in [1.82, 2.24) is 0 Å². The highest BCUT2D eigenvalue weighted by molar-refractivity contribution is 5.26. The molecule has 0 bridgehead atoms. The monoisotopic (exact) mass is 452 g/mol. The van der Waals surface area contributed by atoms with Gasteiger partial charge >= 0.3 is 0 Å². The molecule has 0 aliphatic heterocycles. The Morgan fingerprint density at radius 1 is 0.667 bits per heavy atom. The molecule has 3 saturated carbocycles. The van der Waals surface area contributed by atoms with Gasteiger partial charge in [-0.3, -0.25) is 0 Å². The summed E-state index contributed by atoms with van der Waals surface area (Å²) in [5.74, 6) is 4.93. The van der Waals surface area contributed by atoms with Crippen molar-refractivity contribution in [3.63, 3.8) is 0 Å². The molecule has 0 unspecified atom stereocenters. The van der Waals surface area contributed by atoms with Crippen molar-refractivity contribution in [2.24, 2.45) is 23.7 Å². The zero-order chi connectivity index (χ0) is 22.9. The topological polar surface area (TPSA) is 9.23 Å². The highest BCUT2D eigenvalue weighted by Crippen LogP contribution is 2.43. The summed E-state index contributed by atoms with van der Waals surface area (Å²) in [6, 6.07) is 9.73. The second-order valence-electron chi connectivity index (χ2n) is 12.0. The van der Waals surface area contributed by atoms with Crippen LogP contribution in [0.25, 0.3) is 0 Å². The fourth-order valence-corrected chi connectivity index (χ4v) is 7.54. The Balaban J connectivity index is 1.12. The van der Waals surface area contributed by atoms with E-state index in [1.807, 2.05) is 7.11 Å². The van der Waals surface area contributed by atoms with Crippen LogP contribution in [-0.4, -0.2) is 13.2 Å². The predicted molar refractivity (Wildman–Crippen MR) is 142 cm³/mol. The van der Waals surface area contributed by atoms with Crippen molar-refractivity contribution in [1.29, 1.82) is 0 Å². The molecule has 3 aliphatic carbocycles. The molecule has 33 heavy (non-hydrogen) atoms. The second-order valence-corrected chi connectivity index (χ2v) is 12.0. The molecule has 0 spiro atoms. The number of rotatable bonds is 10. The highest BCUT2D eigenvalue weighted by Gasteiger charge is 2.30. The molecule has 3 fully saturated rings. The van der Waals surface area contributed by atoms with Crippen LogP contribution in [0.4, 0.5) is 0 Å². The molecule has 0 heterocycles. The molecular weight excluding hydrogens is 400 g/mol. The summed E-state index contributed by atoms with van der Waals surface area (Å²) in [6.45, 7) is 2.33. The van der Waals surface area contributed by atoms with Crippen LogP contribution in [0.2, 0.25) is 0 Å². The van der Waals surface area contributed by atoms with Crippen molar-refractivity contribution >= 4 is 0 Å². The van der Waals surface area contributed by atoms with E-state index < -0.39 is 0 Å². The first-order valence-electron chi connectivity index (χ1n) is 14.9. The molecule has 186 valence electrons. The Hall–Kier alpha value is -0.820. The van der Waals surface area contributed by atoms with Crippen molar-refractivity contribution in [3.8, 4) is 0 Å². The molecule has 1 aromatic rings. The number of benzene rings is 1. The van der Waals surface area contributed by atoms with Crippen LogP contribution in [0.15, 0.2) is 24.3 Å². The normalized spacial score (nSPS) is 33.2. The van der Waals surface area contributed by atoms with Crippen LogP contribution < -0.4 is 0 Å². The summed E-state index contributed by atoms with van der Waals surface area (Å²) in [6.07, 6.45) is 26.3. The first-order chi connectivity index (χ1) is 16.2. The van der Waals surface area contributed by atoms with Gasteiger partial charge < -0.3 is 4.74 Å². The van der Waals surface area contributed by atoms with Gasteiger partial charge in [0.2, 0.25) is 0 Å². The molecule has 0 radical (unpaired) electrons. The van der Waals surface area contributed by atoms with Crippen LogP contribution in [0.3, 0.4) is 0 Å². The largest absolute Gasteiger partial charge is 0.381 e. The maximum absolute atomic E-state index is 5.55. The van der Waals surface area contributed by atoms with Crippen LogP contribution in [0, 0.1) is 23.7 Å². The van der Waals surface area contributed by atoms with Crippen LogP contribution in [0.1, 0.15) is 133 Å². The Kier molecular flexibility index (Phi) is 10.2. The maximum Gasteiger partial charge on any atom is 0.0571 e. The lowest BCUT2D eigenvalue weighted by molar-refractivity contribution is 0.0658. The van der Waals surface area contributed by atoms with Crippen molar-refractivity contribution in [2.45, 2.75) is 135 Å². The van der Waals surface area contributed by atoms with Crippen molar-refractivity contribution < 1.29 is 4.74 Å². The van der Waals surface area contributed by atoms with E-state index in [4.69, 9.17) is 4.74 Å². The molecule has 0 saturated heterocycles. The zero-order valence-corrected chi connectivity index (χ0v) is 21.9. The van der Waals surface area contributed by atoms with E-state index in [0.29, 0.717) is 6.10 Å². The number of aryl methyl sites for hydroxylation is 1. The number of hydrogen-bond acceptors (Lipinski definition) is 1. The second kappa shape index (κ2) is 13.3. The molecular formula is C32H52O. The van der Waals surface area contributed by atoms with Crippen molar-refractivity contribution in [3.05, 3.63) is 35.4 Å². The summed E-state index contributed by atoms with van der Waals surface area (Å²) in [5, 5.41) is 0. The fraction of sp³-hybridized carbons (Fsp3) is 0.812. The lowest BCUT2D eigenvalue weighted by Gasteiger charge is -2.38. The van der Waals surface area contributed by atoms with Gasteiger partial charge in [0, 0.05) is 7.11 Å². The van der Waals surface area contributed by atoms with E-state index in [1.165, 1.54) is 103 Å². The molecule has 4 rings (SSSR count). The third kappa shape index (κ3) is 7.58. The molecule has 0 amide bonds. The quantitative estimate of drug-likeness (QED) is 0.321. The molecule has 0 aromatic heterocycles. The Morgan fingerprint density at radius 3 is 1.79 bits per heavy atom. The minimum atomic E-state index is 0.501.